The summed E-state index contributed by atoms with van der Waals surface area (Å²) in [5, 5.41) is 11.6. The second-order valence-corrected chi connectivity index (χ2v) is 17.0. The maximum absolute atomic E-state index is 12.7. The number of aliphatic carboxylic acids is 1. The Kier molecular flexibility index (Phi) is 39.1. The number of hydrogen-bond donors (Lipinski definition) is 0. The zero-order chi connectivity index (χ0) is 42.8. The molecule has 0 bridgehead atoms. The smallest absolute Gasteiger partial charge is 0.306 e. The number of nitrogens with zero attached hydrogens (tertiary/aromatic N) is 1. The Morgan fingerprint density at radius 1 is 0.534 bits per heavy atom. The second-order valence-electron chi connectivity index (χ2n) is 17.0. The summed E-state index contributed by atoms with van der Waals surface area (Å²) in [7, 11) is 5.40. The molecule has 8 heteroatoms. The van der Waals surface area contributed by atoms with Crippen LogP contribution < -0.4 is 5.11 Å². The van der Waals surface area contributed by atoms with E-state index in [2.05, 4.69) is 62.5 Å². The minimum Gasteiger partial charge on any atom is -0.544 e. The van der Waals surface area contributed by atoms with Gasteiger partial charge in [0.05, 0.1) is 40.3 Å². The Morgan fingerprint density at radius 3 is 1.45 bits per heavy atom. The van der Waals surface area contributed by atoms with Crippen LogP contribution in [-0.2, 0) is 28.6 Å². The van der Waals surface area contributed by atoms with E-state index in [4.69, 9.17) is 14.2 Å². The fourth-order valence-electron chi connectivity index (χ4n) is 6.79. The molecule has 0 spiro atoms. The minimum atomic E-state index is -1.13. The van der Waals surface area contributed by atoms with Crippen molar-refractivity contribution in [1.82, 2.24) is 0 Å². The first kappa shape index (κ1) is 55.3. The number of unbranched alkanes of at least 4 members (excludes halogenated alkanes) is 20. The molecule has 0 radical (unpaired) electrons. The largest absolute Gasteiger partial charge is 0.544 e. The van der Waals surface area contributed by atoms with Gasteiger partial charge in [0.2, 0.25) is 0 Å². The molecule has 8 nitrogen and oxygen atoms in total. The third kappa shape index (κ3) is 38.8. The van der Waals surface area contributed by atoms with Gasteiger partial charge in [-0.3, -0.25) is 9.59 Å². The molecule has 336 valence electrons. The van der Waals surface area contributed by atoms with Crippen molar-refractivity contribution in [2.45, 2.75) is 212 Å². The fraction of sp³-hybridized carbons (Fsp3) is 0.780. The zero-order valence-corrected chi connectivity index (χ0v) is 38.2. The maximum atomic E-state index is 12.7. The van der Waals surface area contributed by atoms with Crippen molar-refractivity contribution < 1.29 is 38.2 Å². The highest BCUT2D eigenvalue weighted by Gasteiger charge is 2.25. The van der Waals surface area contributed by atoms with Crippen LogP contribution in [0.25, 0.3) is 0 Å². The van der Waals surface area contributed by atoms with Crippen molar-refractivity contribution in [2.24, 2.45) is 0 Å². The van der Waals surface area contributed by atoms with Gasteiger partial charge in [-0.15, -0.1) is 0 Å². The number of ether oxygens (including phenoxy) is 3. The van der Waals surface area contributed by atoms with E-state index in [1.165, 1.54) is 83.5 Å². The van der Waals surface area contributed by atoms with Crippen molar-refractivity contribution in [3.63, 3.8) is 0 Å². The Bertz CT molecular complexity index is 1090. The quantitative estimate of drug-likeness (QED) is 0.0262. The highest BCUT2D eigenvalue weighted by molar-refractivity contribution is 5.70. The van der Waals surface area contributed by atoms with Crippen LogP contribution >= 0.6 is 0 Å². The van der Waals surface area contributed by atoms with E-state index < -0.39 is 18.1 Å². The number of carbonyl (C=O) groups excluding carboxylic acids is 3. The summed E-state index contributed by atoms with van der Waals surface area (Å²) in [5.41, 5.74) is 0. The molecule has 58 heavy (non-hydrogen) atoms. The van der Waals surface area contributed by atoms with E-state index in [1.54, 1.807) is 21.1 Å². The number of hydrogen-bond acceptors (Lipinski definition) is 7. The van der Waals surface area contributed by atoms with E-state index >= 15 is 0 Å². The molecule has 0 aliphatic rings. The van der Waals surface area contributed by atoms with Gasteiger partial charge in [0.15, 0.2) is 6.10 Å². The summed E-state index contributed by atoms with van der Waals surface area (Å²) in [6, 6.07) is -0.730. The predicted molar refractivity (Wildman–Crippen MR) is 240 cm³/mol. The molecule has 2 atom stereocenters. The van der Waals surface area contributed by atoms with Crippen LogP contribution in [-0.4, -0.2) is 75.5 Å². The average Bonchev–Trinajstić information content (AvgIpc) is 3.18. The van der Waals surface area contributed by atoms with Crippen molar-refractivity contribution in [1.29, 1.82) is 0 Å². The molecule has 0 heterocycles. The van der Waals surface area contributed by atoms with Crippen molar-refractivity contribution in [3.8, 4) is 0 Å². The molecule has 0 aromatic carbocycles. The van der Waals surface area contributed by atoms with Crippen LogP contribution in [0.5, 0.6) is 0 Å². The first-order valence-corrected chi connectivity index (χ1v) is 23.7. The number of carbonyl (C=O) groups is 3. The monoisotopic (exact) mass is 816 g/mol. The number of carboxylic acid groups (broad SMARTS) is 1. The lowest BCUT2D eigenvalue weighted by Crippen LogP contribution is -2.55. The van der Waals surface area contributed by atoms with Crippen LogP contribution in [0.1, 0.15) is 200 Å². The lowest BCUT2D eigenvalue weighted by Gasteiger charge is -2.34. The number of allylic oxidation sites excluding steroid dienone is 8. The number of esters is 2. The zero-order valence-electron chi connectivity index (χ0n) is 38.2. The SMILES string of the molecule is CC/C=C/C/C=C/C/C=C/CCCCCCCCC(=O)OC(COCCC(C(=O)[O-])[N+](C)(C)C)COC(=O)CCCCCCC/C=C/CCCCCCCCCCC. The van der Waals surface area contributed by atoms with Crippen LogP contribution in [0.3, 0.4) is 0 Å². The van der Waals surface area contributed by atoms with Gasteiger partial charge in [-0.05, 0) is 70.6 Å². The average molecular weight is 816 g/mol. The minimum absolute atomic E-state index is 0.0323. The van der Waals surface area contributed by atoms with Gasteiger partial charge >= 0.3 is 11.9 Å². The lowest BCUT2D eigenvalue weighted by molar-refractivity contribution is -0.889. The van der Waals surface area contributed by atoms with E-state index in [0.29, 0.717) is 12.8 Å². The highest BCUT2D eigenvalue weighted by atomic mass is 16.6. The van der Waals surface area contributed by atoms with E-state index in [-0.39, 0.29) is 42.7 Å². The molecular weight excluding hydrogens is 727 g/mol. The summed E-state index contributed by atoms with van der Waals surface area (Å²) in [6.07, 6.45) is 48.5. The molecule has 0 fully saturated rings. The maximum Gasteiger partial charge on any atom is 0.306 e. The van der Waals surface area contributed by atoms with Gasteiger partial charge in [-0.2, -0.15) is 0 Å². The Labute approximate surface area is 356 Å². The van der Waals surface area contributed by atoms with Crippen molar-refractivity contribution >= 4 is 17.9 Å². The van der Waals surface area contributed by atoms with Crippen LogP contribution in [0.15, 0.2) is 48.6 Å². The van der Waals surface area contributed by atoms with E-state index in [0.717, 1.165) is 83.5 Å². The number of rotatable bonds is 42. The number of carboxylic acids is 1. The van der Waals surface area contributed by atoms with E-state index in [1.807, 2.05) is 0 Å². The van der Waals surface area contributed by atoms with Gasteiger partial charge in [-0.25, -0.2) is 0 Å². The fourth-order valence-corrected chi connectivity index (χ4v) is 6.79. The van der Waals surface area contributed by atoms with Crippen LogP contribution in [0.2, 0.25) is 0 Å². The van der Waals surface area contributed by atoms with Gasteiger partial charge in [-0.1, -0.05) is 159 Å². The molecule has 0 aliphatic heterocycles. The molecule has 0 saturated carbocycles. The van der Waals surface area contributed by atoms with Gasteiger partial charge in [0.25, 0.3) is 0 Å². The Hall–Kier alpha value is -2.71. The molecule has 0 amide bonds. The Morgan fingerprint density at radius 2 is 0.966 bits per heavy atom. The van der Waals surface area contributed by atoms with Crippen LogP contribution in [0, 0.1) is 0 Å². The standard InChI is InChI=1S/C50H89NO7/c1-6-8-10-12-14-16-18-20-22-24-25-27-28-30-32-34-36-38-40-48(52)57-45-46(44-56-43-42-47(50(54)55)51(3,4)5)58-49(53)41-39-37-35-33-31-29-26-23-21-19-17-15-13-11-9-7-2/h9,11,15,17,21,23,25,27,46-47H,6-8,10,12-14,16,18-20,22,24,26,28-45H2,1-5H3/b11-9+,17-15+,23-21+,27-25+. The Balaban J connectivity index is 4.32. The topological polar surface area (TPSA) is 102 Å². The second kappa shape index (κ2) is 41.0. The number of quaternary nitrogens is 1. The molecule has 0 aliphatic carbocycles. The molecule has 0 saturated heterocycles. The third-order valence-corrected chi connectivity index (χ3v) is 10.4. The molecule has 0 aromatic heterocycles. The summed E-state index contributed by atoms with van der Waals surface area (Å²) in [4.78, 5) is 36.9. The molecular formula is C50H89NO7. The third-order valence-electron chi connectivity index (χ3n) is 10.4. The summed E-state index contributed by atoms with van der Waals surface area (Å²) in [6.45, 7) is 4.54. The van der Waals surface area contributed by atoms with Crippen molar-refractivity contribution in [2.75, 3.05) is 41.0 Å². The molecule has 0 rings (SSSR count). The first-order chi connectivity index (χ1) is 28.1. The summed E-state index contributed by atoms with van der Waals surface area (Å²) < 4.78 is 17.2. The summed E-state index contributed by atoms with van der Waals surface area (Å²) in [5.74, 6) is -1.76. The normalized spacial score (nSPS) is 13.3. The lowest BCUT2D eigenvalue weighted by atomic mass is 10.1. The molecule has 0 aromatic rings. The van der Waals surface area contributed by atoms with E-state index in [9.17, 15) is 19.5 Å². The van der Waals surface area contributed by atoms with Crippen LogP contribution in [0.4, 0.5) is 0 Å². The predicted octanol–water partition coefficient (Wildman–Crippen LogP) is 11.9. The summed E-state index contributed by atoms with van der Waals surface area (Å²) >= 11 is 0. The van der Waals surface area contributed by atoms with Gasteiger partial charge in [0, 0.05) is 19.3 Å². The number of likely N-dealkylation sites (N-methyl/N-ethyl adjacent to an activating group) is 1. The van der Waals surface area contributed by atoms with Gasteiger partial charge in [0.1, 0.15) is 12.6 Å². The van der Waals surface area contributed by atoms with Gasteiger partial charge < -0.3 is 28.6 Å². The van der Waals surface area contributed by atoms with Crippen molar-refractivity contribution in [3.05, 3.63) is 48.6 Å². The molecule has 0 N–H and O–H groups in total. The molecule has 2 unspecified atom stereocenters. The highest BCUT2D eigenvalue weighted by Crippen LogP contribution is 2.14. The first-order valence-electron chi connectivity index (χ1n) is 23.7.